The van der Waals surface area contributed by atoms with Crippen molar-refractivity contribution in [1.82, 2.24) is 3.97 Å². The van der Waals surface area contributed by atoms with E-state index in [2.05, 4.69) is 15.9 Å². The van der Waals surface area contributed by atoms with E-state index in [1.54, 1.807) is 18.2 Å². The molecule has 1 atom stereocenters. The smallest absolute Gasteiger partial charge is 0.268 e. The van der Waals surface area contributed by atoms with Crippen LogP contribution >= 0.6 is 15.9 Å². The van der Waals surface area contributed by atoms with Crippen LogP contribution in [0.3, 0.4) is 0 Å². The summed E-state index contributed by atoms with van der Waals surface area (Å²) in [4.78, 5) is -0.0193. The van der Waals surface area contributed by atoms with Gasteiger partial charge in [0.2, 0.25) is 0 Å². The van der Waals surface area contributed by atoms with E-state index < -0.39 is 36.7 Å². The van der Waals surface area contributed by atoms with Gasteiger partial charge in [0.15, 0.2) is 21.4 Å². The second kappa shape index (κ2) is 9.80. The number of nitrogens with zero attached hydrogens (tertiary/aromatic N) is 2. The van der Waals surface area contributed by atoms with Crippen LogP contribution in [0.25, 0.3) is 10.9 Å². The normalized spacial score (nSPS) is 16.9. The van der Waals surface area contributed by atoms with Gasteiger partial charge in [-0.15, -0.1) is 0 Å². The minimum absolute atomic E-state index is 0.00870. The number of sulfone groups is 1. The Morgan fingerprint density at radius 3 is 2.47 bits per heavy atom. The first-order chi connectivity index (χ1) is 18.0. The summed E-state index contributed by atoms with van der Waals surface area (Å²) >= 11 is 3.27. The van der Waals surface area contributed by atoms with Crippen LogP contribution in [-0.4, -0.2) is 31.8 Å². The van der Waals surface area contributed by atoms with Crippen molar-refractivity contribution >= 4 is 46.7 Å². The van der Waals surface area contributed by atoms with Gasteiger partial charge in [-0.05, 0) is 61.7 Å². The number of ether oxygens (including phenoxy) is 1. The molecular formula is C26H19BrF2N2O5S2. The van der Waals surface area contributed by atoms with Crippen LogP contribution in [0.15, 0.2) is 70.2 Å². The third-order valence-corrected chi connectivity index (χ3v) is 11.0. The molecule has 0 spiro atoms. The molecule has 1 aliphatic heterocycles. The first kappa shape index (κ1) is 26.3. The molecular weight excluding hydrogens is 602 g/mol. The number of nitriles is 1. The maximum atomic E-state index is 15.7. The Labute approximate surface area is 226 Å². The van der Waals surface area contributed by atoms with E-state index in [1.807, 2.05) is 0 Å². The molecule has 1 fully saturated rings. The summed E-state index contributed by atoms with van der Waals surface area (Å²) in [5.74, 6) is -2.04. The largest absolute Gasteiger partial charge is 0.454 e. The van der Waals surface area contributed by atoms with Gasteiger partial charge in [0, 0.05) is 33.8 Å². The number of aromatic nitrogens is 1. The molecule has 196 valence electrons. The Morgan fingerprint density at radius 2 is 1.82 bits per heavy atom. The second-order valence-corrected chi connectivity index (χ2v) is 14.0. The summed E-state index contributed by atoms with van der Waals surface area (Å²) in [6, 6.07) is 13.5. The number of halogens is 3. The summed E-state index contributed by atoms with van der Waals surface area (Å²) in [6.07, 6.45) is 2.00. The molecule has 0 bridgehead atoms. The van der Waals surface area contributed by atoms with Crippen molar-refractivity contribution in [2.45, 2.75) is 29.4 Å². The van der Waals surface area contributed by atoms with Crippen molar-refractivity contribution in [2.24, 2.45) is 0 Å². The predicted octanol–water partition coefficient (Wildman–Crippen LogP) is 5.70. The highest BCUT2D eigenvalue weighted by Gasteiger charge is 2.34. The van der Waals surface area contributed by atoms with E-state index in [9.17, 15) is 21.2 Å². The van der Waals surface area contributed by atoms with Gasteiger partial charge in [0.25, 0.3) is 10.0 Å². The lowest BCUT2D eigenvalue weighted by atomic mass is 10.0. The molecule has 0 saturated carbocycles. The van der Waals surface area contributed by atoms with E-state index in [0.29, 0.717) is 22.7 Å². The minimum Gasteiger partial charge on any atom is -0.454 e. The van der Waals surface area contributed by atoms with Crippen molar-refractivity contribution in [3.05, 3.63) is 88.0 Å². The first-order valence-electron chi connectivity index (χ1n) is 11.4. The molecule has 3 aromatic carbocycles. The molecule has 38 heavy (non-hydrogen) atoms. The monoisotopic (exact) mass is 620 g/mol. The maximum Gasteiger partial charge on any atom is 0.268 e. The summed E-state index contributed by atoms with van der Waals surface area (Å²) < 4.78 is 89.0. The molecule has 0 radical (unpaired) electrons. The number of rotatable bonds is 6. The fourth-order valence-corrected chi connectivity index (χ4v) is 8.06. The first-order valence-corrected chi connectivity index (χ1v) is 15.4. The molecule has 0 amide bonds. The van der Waals surface area contributed by atoms with Crippen LogP contribution in [0.1, 0.15) is 24.0 Å². The van der Waals surface area contributed by atoms with Crippen molar-refractivity contribution in [2.75, 3.05) is 5.75 Å². The molecule has 5 rings (SSSR count). The lowest BCUT2D eigenvalue weighted by molar-refractivity contribution is 0.435. The zero-order valence-corrected chi connectivity index (χ0v) is 22.8. The van der Waals surface area contributed by atoms with Crippen molar-refractivity contribution < 1.29 is 30.4 Å². The van der Waals surface area contributed by atoms with Gasteiger partial charge in [-0.3, -0.25) is 0 Å². The Balaban J connectivity index is 1.69. The maximum absolute atomic E-state index is 15.7. The van der Waals surface area contributed by atoms with E-state index in [-0.39, 0.29) is 45.2 Å². The molecule has 1 aliphatic rings. The Bertz CT molecular complexity index is 1830. The van der Waals surface area contributed by atoms with Gasteiger partial charge in [0.1, 0.15) is 17.6 Å². The SMILES string of the molecule is N#Cc1cc(Oc2c(F)cc3c(ccn3S(=O)(=O)c3ccc(Br)cc3)c2CC2CCCS2(=O)=O)ccc1F. The van der Waals surface area contributed by atoms with Crippen LogP contribution in [0.2, 0.25) is 0 Å². The number of hydrogen-bond acceptors (Lipinski definition) is 6. The third-order valence-electron chi connectivity index (χ3n) is 6.51. The van der Waals surface area contributed by atoms with Crippen LogP contribution < -0.4 is 4.74 Å². The van der Waals surface area contributed by atoms with Gasteiger partial charge in [-0.1, -0.05) is 15.9 Å². The van der Waals surface area contributed by atoms with Gasteiger partial charge >= 0.3 is 0 Å². The zero-order valence-electron chi connectivity index (χ0n) is 19.6. The molecule has 12 heteroatoms. The Morgan fingerprint density at radius 1 is 1.08 bits per heavy atom. The summed E-state index contributed by atoms with van der Waals surface area (Å²) in [5, 5.41) is 8.64. The van der Waals surface area contributed by atoms with E-state index >= 15 is 4.39 Å². The van der Waals surface area contributed by atoms with Crippen molar-refractivity contribution in [3.8, 4) is 17.6 Å². The second-order valence-electron chi connectivity index (χ2n) is 8.86. The summed E-state index contributed by atoms with van der Waals surface area (Å²) in [7, 11) is -7.56. The van der Waals surface area contributed by atoms with E-state index in [1.165, 1.54) is 30.5 Å². The number of benzene rings is 3. The number of hydrogen-bond donors (Lipinski definition) is 0. The Kier molecular flexibility index (Phi) is 6.79. The lowest BCUT2D eigenvalue weighted by Crippen LogP contribution is -2.19. The minimum atomic E-state index is -4.12. The highest BCUT2D eigenvalue weighted by atomic mass is 79.9. The average Bonchev–Trinajstić information content (AvgIpc) is 3.45. The van der Waals surface area contributed by atoms with Crippen molar-refractivity contribution in [1.29, 1.82) is 5.26 Å². The molecule has 4 aromatic rings. The molecule has 7 nitrogen and oxygen atoms in total. The molecule has 1 unspecified atom stereocenters. The standard InChI is InChI=1S/C26H19BrF2N2O5S2/c27-17-3-6-19(7-4-17)38(34,35)31-10-9-21-22(13-20-2-1-11-37(20,32)33)26(24(29)14-25(21)31)36-18-5-8-23(28)16(12-18)15-30/h3-10,12,14,20H,1-2,11,13H2. The van der Waals surface area contributed by atoms with Crippen LogP contribution in [0.4, 0.5) is 8.78 Å². The van der Waals surface area contributed by atoms with Crippen molar-refractivity contribution in [3.63, 3.8) is 0 Å². The van der Waals surface area contributed by atoms with Crippen LogP contribution in [0.5, 0.6) is 11.5 Å². The highest BCUT2D eigenvalue weighted by molar-refractivity contribution is 9.10. The van der Waals surface area contributed by atoms with Gasteiger partial charge < -0.3 is 4.74 Å². The van der Waals surface area contributed by atoms with Gasteiger partial charge in [-0.2, -0.15) is 5.26 Å². The highest BCUT2D eigenvalue weighted by Crippen LogP contribution is 2.39. The zero-order chi connectivity index (χ0) is 27.2. The molecule has 1 saturated heterocycles. The van der Waals surface area contributed by atoms with Crippen LogP contribution in [0, 0.1) is 23.0 Å². The van der Waals surface area contributed by atoms with Gasteiger partial charge in [-0.25, -0.2) is 29.6 Å². The molecule has 0 aliphatic carbocycles. The van der Waals surface area contributed by atoms with Gasteiger partial charge in [0.05, 0.1) is 27.0 Å². The summed E-state index contributed by atoms with van der Waals surface area (Å²) in [5.41, 5.74) is -0.126. The predicted molar refractivity (Wildman–Crippen MR) is 140 cm³/mol. The third kappa shape index (κ3) is 4.70. The molecule has 0 N–H and O–H groups in total. The quantitative estimate of drug-likeness (QED) is 0.274. The van der Waals surface area contributed by atoms with E-state index in [0.717, 1.165) is 22.2 Å². The van der Waals surface area contributed by atoms with Crippen LogP contribution in [-0.2, 0) is 26.3 Å². The Hall–Kier alpha value is -3.27. The molecule has 2 heterocycles. The fourth-order valence-electron chi connectivity index (χ4n) is 4.60. The summed E-state index contributed by atoms with van der Waals surface area (Å²) in [6.45, 7) is 0. The molecule has 1 aromatic heterocycles. The topological polar surface area (TPSA) is 106 Å². The fraction of sp³-hybridized carbons (Fsp3) is 0.192. The lowest BCUT2D eigenvalue weighted by Gasteiger charge is -2.17. The number of fused-ring (bicyclic) bond motifs is 1. The average molecular weight is 621 g/mol. The van der Waals surface area contributed by atoms with E-state index in [4.69, 9.17) is 10.00 Å².